The summed E-state index contributed by atoms with van der Waals surface area (Å²) in [6.45, 7) is 3.44. The van der Waals surface area contributed by atoms with E-state index in [0.717, 1.165) is 11.1 Å². The van der Waals surface area contributed by atoms with E-state index in [-0.39, 0.29) is 18.1 Å². The highest BCUT2D eigenvalue weighted by atomic mass is 16.5. The topological polar surface area (TPSA) is 63.6 Å². The molecule has 2 aromatic carbocycles. The molecule has 1 N–H and O–H groups in total. The number of phenols is 1. The molecule has 0 heterocycles. The third-order valence-corrected chi connectivity index (χ3v) is 3.13. The number of ketones is 1. The lowest BCUT2D eigenvalue weighted by Crippen LogP contribution is -2.15. The van der Waals surface area contributed by atoms with E-state index in [9.17, 15) is 9.59 Å². The van der Waals surface area contributed by atoms with Crippen LogP contribution in [0.1, 0.15) is 31.8 Å². The predicted octanol–water partition coefficient (Wildman–Crippen LogP) is 3.05. The maximum Gasteiger partial charge on any atom is 0.338 e. The van der Waals surface area contributed by atoms with Crippen LogP contribution >= 0.6 is 0 Å². The Morgan fingerprint density at radius 2 is 1.71 bits per heavy atom. The zero-order chi connectivity index (χ0) is 15.4. The number of esters is 1. The van der Waals surface area contributed by atoms with Crippen molar-refractivity contribution in [1.82, 2.24) is 0 Å². The van der Waals surface area contributed by atoms with Gasteiger partial charge in [0.15, 0.2) is 6.61 Å². The lowest BCUT2D eigenvalue weighted by atomic mass is 10.0. The number of carbonyl (C=O) groups is 2. The zero-order valence-electron chi connectivity index (χ0n) is 11.9. The summed E-state index contributed by atoms with van der Waals surface area (Å²) in [4.78, 5) is 23.9. The second kappa shape index (κ2) is 6.22. The Kier molecular flexibility index (Phi) is 4.38. The fourth-order valence-corrected chi connectivity index (χ4v) is 1.93. The molecule has 2 aromatic rings. The van der Waals surface area contributed by atoms with Crippen LogP contribution in [0.25, 0.3) is 0 Å². The standard InChI is InChI=1S/C17H16O4/c1-11-3-4-12(2)15(9-11)16(19)10-21-17(20)13-5-7-14(18)8-6-13/h3-9,18H,10H2,1-2H3. The lowest BCUT2D eigenvalue weighted by molar-refractivity contribution is 0.0474. The van der Waals surface area contributed by atoms with Crippen LogP contribution < -0.4 is 0 Å². The summed E-state index contributed by atoms with van der Waals surface area (Å²) in [5.74, 6) is -0.755. The number of hydrogen-bond acceptors (Lipinski definition) is 4. The van der Waals surface area contributed by atoms with Crippen molar-refractivity contribution in [1.29, 1.82) is 0 Å². The average Bonchev–Trinajstić information content (AvgIpc) is 2.47. The number of aromatic hydroxyl groups is 1. The van der Waals surface area contributed by atoms with Crippen LogP contribution in [0.5, 0.6) is 5.75 Å². The average molecular weight is 284 g/mol. The molecular weight excluding hydrogens is 268 g/mol. The molecule has 4 nitrogen and oxygen atoms in total. The van der Waals surface area contributed by atoms with E-state index >= 15 is 0 Å². The maximum absolute atomic E-state index is 12.1. The van der Waals surface area contributed by atoms with E-state index in [2.05, 4.69) is 0 Å². The first-order valence-corrected chi connectivity index (χ1v) is 6.54. The molecule has 108 valence electrons. The first kappa shape index (κ1) is 14.8. The highest BCUT2D eigenvalue weighted by Gasteiger charge is 2.13. The molecule has 2 rings (SSSR count). The molecule has 0 unspecified atom stereocenters. The van der Waals surface area contributed by atoms with Crippen molar-refractivity contribution in [2.75, 3.05) is 6.61 Å². The number of rotatable bonds is 4. The quantitative estimate of drug-likeness (QED) is 0.692. The van der Waals surface area contributed by atoms with Gasteiger partial charge in [0.05, 0.1) is 5.56 Å². The molecule has 0 aliphatic heterocycles. The summed E-state index contributed by atoms with van der Waals surface area (Å²) in [7, 11) is 0. The number of Topliss-reactive ketones (excluding diaryl/α,β-unsaturated/α-hetero) is 1. The molecular formula is C17H16O4. The molecule has 4 heteroatoms. The summed E-state index contributed by atoms with van der Waals surface area (Å²) in [6, 6.07) is 11.2. The number of phenolic OH excluding ortho intramolecular Hbond substituents is 1. The molecule has 21 heavy (non-hydrogen) atoms. The first-order valence-electron chi connectivity index (χ1n) is 6.54. The molecule has 0 fully saturated rings. The Bertz CT molecular complexity index is 672. The lowest BCUT2D eigenvalue weighted by Gasteiger charge is -2.07. The van der Waals surface area contributed by atoms with Crippen molar-refractivity contribution in [2.24, 2.45) is 0 Å². The molecule has 0 saturated heterocycles. The van der Waals surface area contributed by atoms with Crippen molar-refractivity contribution >= 4 is 11.8 Å². The van der Waals surface area contributed by atoms with E-state index in [0.29, 0.717) is 11.1 Å². The van der Waals surface area contributed by atoms with Crippen molar-refractivity contribution in [3.63, 3.8) is 0 Å². The third-order valence-electron chi connectivity index (χ3n) is 3.13. The molecule has 0 amide bonds. The number of ether oxygens (including phenoxy) is 1. The van der Waals surface area contributed by atoms with Gasteiger partial charge in [-0.1, -0.05) is 17.7 Å². The molecule has 0 radical (unpaired) electrons. The van der Waals surface area contributed by atoms with E-state index in [1.165, 1.54) is 24.3 Å². The molecule has 0 saturated carbocycles. The zero-order valence-corrected chi connectivity index (χ0v) is 11.9. The second-order valence-corrected chi connectivity index (χ2v) is 4.86. The Morgan fingerprint density at radius 3 is 2.38 bits per heavy atom. The van der Waals surface area contributed by atoms with Crippen molar-refractivity contribution < 1.29 is 19.4 Å². The van der Waals surface area contributed by atoms with Crippen LogP contribution in [-0.2, 0) is 4.74 Å². The molecule has 0 bridgehead atoms. The number of aryl methyl sites for hydroxylation is 2. The van der Waals surface area contributed by atoms with E-state index in [4.69, 9.17) is 9.84 Å². The van der Waals surface area contributed by atoms with Crippen molar-refractivity contribution in [3.05, 3.63) is 64.7 Å². The van der Waals surface area contributed by atoms with Crippen LogP contribution in [0.3, 0.4) is 0 Å². The smallest absolute Gasteiger partial charge is 0.338 e. The van der Waals surface area contributed by atoms with Crippen LogP contribution in [-0.4, -0.2) is 23.5 Å². The van der Waals surface area contributed by atoms with Gasteiger partial charge in [-0.2, -0.15) is 0 Å². The van der Waals surface area contributed by atoms with Gasteiger partial charge in [0.1, 0.15) is 5.75 Å². The maximum atomic E-state index is 12.1. The fourth-order valence-electron chi connectivity index (χ4n) is 1.93. The van der Waals surface area contributed by atoms with E-state index in [1.54, 1.807) is 6.07 Å². The summed E-state index contributed by atoms with van der Waals surface area (Å²) >= 11 is 0. The number of benzene rings is 2. The van der Waals surface area contributed by atoms with Gasteiger partial charge in [-0.15, -0.1) is 0 Å². The molecule has 0 aliphatic carbocycles. The molecule has 0 atom stereocenters. The van der Waals surface area contributed by atoms with E-state index < -0.39 is 5.97 Å². The number of hydrogen-bond donors (Lipinski definition) is 1. The highest BCUT2D eigenvalue weighted by Crippen LogP contribution is 2.13. The molecule has 0 aliphatic rings. The van der Waals surface area contributed by atoms with Gasteiger partial charge in [-0.25, -0.2) is 4.79 Å². The van der Waals surface area contributed by atoms with Gasteiger partial charge in [0.25, 0.3) is 0 Å². The van der Waals surface area contributed by atoms with Crippen LogP contribution in [0.2, 0.25) is 0 Å². The largest absolute Gasteiger partial charge is 0.508 e. The first-order chi connectivity index (χ1) is 9.97. The normalized spacial score (nSPS) is 10.2. The van der Waals surface area contributed by atoms with Crippen molar-refractivity contribution in [2.45, 2.75) is 13.8 Å². The van der Waals surface area contributed by atoms with Gasteiger partial charge >= 0.3 is 5.97 Å². The fraction of sp³-hybridized carbons (Fsp3) is 0.176. The summed E-state index contributed by atoms with van der Waals surface area (Å²) < 4.78 is 5.01. The molecule has 0 aromatic heterocycles. The number of carbonyl (C=O) groups excluding carboxylic acids is 2. The Morgan fingerprint density at radius 1 is 1.05 bits per heavy atom. The van der Waals surface area contributed by atoms with Gasteiger partial charge < -0.3 is 9.84 Å². The van der Waals surface area contributed by atoms with Crippen LogP contribution in [0.15, 0.2) is 42.5 Å². The van der Waals surface area contributed by atoms with Gasteiger partial charge in [0, 0.05) is 5.56 Å². The van der Waals surface area contributed by atoms with E-state index in [1.807, 2.05) is 26.0 Å². The Balaban J connectivity index is 2.02. The summed E-state index contributed by atoms with van der Waals surface area (Å²) in [6.07, 6.45) is 0. The monoisotopic (exact) mass is 284 g/mol. The SMILES string of the molecule is Cc1ccc(C)c(C(=O)COC(=O)c2ccc(O)cc2)c1. The minimum Gasteiger partial charge on any atom is -0.508 e. The predicted molar refractivity (Wildman–Crippen MR) is 78.6 cm³/mol. The minimum absolute atomic E-state index is 0.0676. The van der Waals surface area contributed by atoms with Crippen molar-refractivity contribution in [3.8, 4) is 5.75 Å². The second-order valence-electron chi connectivity index (χ2n) is 4.86. The van der Waals surface area contributed by atoms with Crippen LogP contribution in [0, 0.1) is 13.8 Å². The molecule has 0 spiro atoms. The third kappa shape index (κ3) is 3.69. The van der Waals surface area contributed by atoms with Crippen LogP contribution in [0.4, 0.5) is 0 Å². The van der Waals surface area contributed by atoms with Gasteiger partial charge in [0.2, 0.25) is 5.78 Å². The summed E-state index contributed by atoms with van der Waals surface area (Å²) in [5, 5.41) is 9.16. The Labute approximate surface area is 123 Å². The van der Waals surface area contributed by atoms with Gasteiger partial charge in [-0.05, 0) is 49.7 Å². The minimum atomic E-state index is -0.589. The highest BCUT2D eigenvalue weighted by molar-refractivity contribution is 6.00. The summed E-state index contributed by atoms with van der Waals surface area (Å²) in [5.41, 5.74) is 2.69. The van der Waals surface area contributed by atoms with Gasteiger partial charge in [-0.3, -0.25) is 4.79 Å². The Hall–Kier alpha value is -2.62.